The van der Waals surface area contributed by atoms with Crippen LogP contribution in [0.2, 0.25) is 0 Å². The standard InChI is InChI=1S/C26H27N7O3/c1-2-32-21-11-8-18(26(36)33(14-12-24(34)35)22-5-3-4-13-29-22)15-20(21)31-23(32)16-30-19-9-6-17(7-10-19)25(27)28/h3-11,13,15,30H,2,12,14,16H2,1H3,(H3,27,28)(H,34,35). The van der Waals surface area contributed by atoms with Gasteiger partial charge in [0.25, 0.3) is 5.91 Å². The van der Waals surface area contributed by atoms with E-state index >= 15 is 0 Å². The summed E-state index contributed by atoms with van der Waals surface area (Å²) in [5.41, 5.74) is 9.01. The van der Waals surface area contributed by atoms with Gasteiger partial charge in [-0.05, 0) is 61.5 Å². The average Bonchev–Trinajstić information content (AvgIpc) is 3.24. The molecular formula is C26H27N7O3. The van der Waals surface area contributed by atoms with Crippen molar-refractivity contribution in [3.8, 4) is 0 Å². The number of hydrogen-bond donors (Lipinski definition) is 4. The summed E-state index contributed by atoms with van der Waals surface area (Å²) in [4.78, 5) is 34.9. The van der Waals surface area contributed by atoms with Crippen molar-refractivity contribution in [3.05, 3.63) is 83.8 Å². The fourth-order valence-electron chi connectivity index (χ4n) is 3.95. The number of aliphatic carboxylic acids is 1. The number of nitrogen functional groups attached to an aromatic ring is 1. The number of carbonyl (C=O) groups excluding carboxylic acids is 1. The second-order valence-corrected chi connectivity index (χ2v) is 8.11. The Kier molecular flexibility index (Phi) is 7.24. The zero-order valence-corrected chi connectivity index (χ0v) is 19.8. The van der Waals surface area contributed by atoms with Crippen LogP contribution in [-0.2, 0) is 17.9 Å². The molecule has 0 bridgehead atoms. The van der Waals surface area contributed by atoms with Crippen molar-refractivity contribution < 1.29 is 14.7 Å². The topological polar surface area (TPSA) is 150 Å². The lowest BCUT2D eigenvalue weighted by Gasteiger charge is -2.21. The van der Waals surface area contributed by atoms with Gasteiger partial charge >= 0.3 is 5.97 Å². The maximum atomic E-state index is 13.4. The Hall–Kier alpha value is -4.73. The second kappa shape index (κ2) is 10.7. The highest BCUT2D eigenvalue weighted by Crippen LogP contribution is 2.22. The van der Waals surface area contributed by atoms with E-state index in [-0.39, 0.29) is 24.7 Å². The number of fused-ring (bicyclic) bond motifs is 1. The lowest BCUT2D eigenvalue weighted by Crippen LogP contribution is -2.33. The molecular weight excluding hydrogens is 458 g/mol. The Morgan fingerprint density at radius 3 is 2.50 bits per heavy atom. The molecule has 0 spiro atoms. The molecule has 2 heterocycles. The summed E-state index contributed by atoms with van der Waals surface area (Å²) in [6.45, 7) is 3.19. The number of hydrogen-bond acceptors (Lipinski definition) is 6. The number of nitrogens with two attached hydrogens (primary N) is 1. The van der Waals surface area contributed by atoms with Crippen molar-refractivity contribution in [1.29, 1.82) is 5.41 Å². The largest absolute Gasteiger partial charge is 0.481 e. The number of aromatic nitrogens is 3. The molecule has 0 saturated carbocycles. The molecule has 0 aliphatic carbocycles. The van der Waals surface area contributed by atoms with Gasteiger partial charge in [-0.1, -0.05) is 6.07 Å². The van der Waals surface area contributed by atoms with Crippen LogP contribution in [0.1, 0.15) is 35.1 Å². The average molecular weight is 486 g/mol. The fourth-order valence-corrected chi connectivity index (χ4v) is 3.95. The maximum Gasteiger partial charge on any atom is 0.305 e. The van der Waals surface area contributed by atoms with Crippen molar-refractivity contribution in [2.24, 2.45) is 5.73 Å². The van der Waals surface area contributed by atoms with Gasteiger partial charge in [0.1, 0.15) is 17.5 Å². The van der Waals surface area contributed by atoms with Crippen LogP contribution >= 0.6 is 0 Å². The molecule has 0 radical (unpaired) electrons. The number of nitrogens with zero attached hydrogens (tertiary/aromatic N) is 4. The summed E-state index contributed by atoms with van der Waals surface area (Å²) in [5, 5.41) is 20.0. The van der Waals surface area contributed by atoms with E-state index in [0.717, 1.165) is 17.0 Å². The Morgan fingerprint density at radius 2 is 1.86 bits per heavy atom. The van der Waals surface area contributed by atoms with Gasteiger partial charge < -0.3 is 20.7 Å². The molecule has 0 unspecified atom stereocenters. The van der Waals surface area contributed by atoms with Crippen molar-refractivity contribution in [2.75, 3.05) is 16.8 Å². The molecule has 0 atom stereocenters. The van der Waals surface area contributed by atoms with Crippen LogP contribution in [0.4, 0.5) is 11.5 Å². The fraction of sp³-hybridized carbons (Fsp3) is 0.192. The van der Waals surface area contributed by atoms with Crippen LogP contribution in [0.25, 0.3) is 11.0 Å². The molecule has 10 nitrogen and oxygen atoms in total. The molecule has 0 fully saturated rings. The number of carboxylic acids is 1. The van der Waals surface area contributed by atoms with E-state index in [1.807, 2.05) is 25.1 Å². The van der Waals surface area contributed by atoms with Gasteiger partial charge in [0, 0.05) is 36.1 Å². The number of nitrogens with one attached hydrogen (secondary N) is 2. The number of imidazole rings is 1. The SMILES string of the molecule is CCn1c(CNc2ccc(C(=N)N)cc2)nc2cc(C(=O)N(CCC(=O)O)c3ccccn3)ccc21. The summed E-state index contributed by atoms with van der Waals surface area (Å²) in [6, 6.07) is 17.8. The number of carbonyl (C=O) groups is 2. The van der Waals surface area contributed by atoms with Gasteiger partial charge in [0.05, 0.1) is 24.0 Å². The molecule has 2 aromatic carbocycles. The summed E-state index contributed by atoms with van der Waals surface area (Å²) < 4.78 is 2.07. The number of aryl methyl sites for hydroxylation is 1. The minimum atomic E-state index is -0.992. The number of amides is 1. The van der Waals surface area contributed by atoms with Gasteiger partial charge in [-0.15, -0.1) is 0 Å². The highest BCUT2D eigenvalue weighted by Gasteiger charge is 2.21. The van der Waals surface area contributed by atoms with E-state index < -0.39 is 5.97 Å². The molecule has 0 saturated heterocycles. The quantitative estimate of drug-likeness (QED) is 0.198. The number of anilines is 2. The van der Waals surface area contributed by atoms with E-state index in [2.05, 4.69) is 14.9 Å². The van der Waals surface area contributed by atoms with E-state index in [9.17, 15) is 9.59 Å². The second-order valence-electron chi connectivity index (χ2n) is 8.11. The smallest absolute Gasteiger partial charge is 0.305 e. The predicted molar refractivity (Wildman–Crippen MR) is 138 cm³/mol. The Bertz CT molecular complexity index is 1400. The van der Waals surface area contributed by atoms with Gasteiger partial charge in [-0.25, -0.2) is 9.97 Å². The summed E-state index contributed by atoms with van der Waals surface area (Å²) >= 11 is 0. The van der Waals surface area contributed by atoms with E-state index in [0.29, 0.717) is 35.6 Å². The third-order valence-corrected chi connectivity index (χ3v) is 5.76. The lowest BCUT2D eigenvalue weighted by atomic mass is 10.1. The van der Waals surface area contributed by atoms with Crippen molar-refractivity contribution in [3.63, 3.8) is 0 Å². The molecule has 184 valence electrons. The predicted octanol–water partition coefficient (Wildman–Crippen LogP) is 3.47. The lowest BCUT2D eigenvalue weighted by molar-refractivity contribution is -0.136. The molecule has 4 aromatic rings. The van der Waals surface area contributed by atoms with Gasteiger partial charge in [0.2, 0.25) is 0 Å². The van der Waals surface area contributed by atoms with Crippen molar-refractivity contribution in [2.45, 2.75) is 26.4 Å². The Labute approximate surface area is 207 Å². The molecule has 0 aliphatic heterocycles. The van der Waals surface area contributed by atoms with Crippen molar-refractivity contribution >= 4 is 40.3 Å². The maximum absolute atomic E-state index is 13.4. The van der Waals surface area contributed by atoms with Gasteiger partial charge in [0.15, 0.2) is 0 Å². The first-order chi connectivity index (χ1) is 17.4. The van der Waals surface area contributed by atoms with E-state index in [1.165, 1.54) is 4.90 Å². The van der Waals surface area contributed by atoms with Crippen LogP contribution < -0.4 is 16.0 Å². The first kappa shape index (κ1) is 24.4. The zero-order valence-electron chi connectivity index (χ0n) is 19.8. The van der Waals surface area contributed by atoms with Crippen LogP contribution in [0.3, 0.4) is 0 Å². The minimum Gasteiger partial charge on any atom is -0.481 e. The minimum absolute atomic E-state index is 0.00417. The highest BCUT2D eigenvalue weighted by atomic mass is 16.4. The molecule has 4 rings (SSSR count). The number of carboxylic acid groups (broad SMARTS) is 1. The number of pyridine rings is 1. The Morgan fingerprint density at radius 1 is 1.11 bits per heavy atom. The first-order valence-electron chi connectivity index (χ1n) is 11.5. The Balaban J connectivity index is 1.59. The number of rotatable bonds is 10. The van der Waals surface area contributed by atoms with Crippen LogP contribution in [0.5, 0.6) is 0 Å². The van der Waals surface area contributed by atoms with E-state index in [4.69, 9.17) is 21.2 Å². The third kappa shape index (κ3) is 5.33. The highest BCUT2D eigenvalue weighted by molar-refractivity contribution is 6.07. The van der Waals surface area contributed by atoms with Gasteiger partial charge in [-0.2, -0.15) is 0 Å². The molecule has 2 aromatic heterocycles. The summed E-state index contributed by atoms with van der Waals surface area (Å²) in [5.74, 6) is -0.116. The normalized spacial score (nSPS) is 10.8. The monoisotopic (exact) mass is 485 g/mol. The summed E-state index contributed by atoms with van der Waals surface area (Å²) in [6.07, 6.45) is 1.37. The third-order valence-electron chi connectivity index (χ3n) is 5.76. The zero-order chi connectivity index (χ0) is 25.7. The van der Waals surface area contributed by atoms with Crippen LogP contribution in [-0.4, -0.2) is 43.9 Å². The van der Waals surface area contributed by atoms with Crippen molar-refractivity contribution in [1.82, 2.24) is 14.5 Å². The number of amidine groups is 1. The molecule has 36 heavy (non-hydrogen) atoms. The van der Waals surface area contributed by atoms with Gasteiger partial charge in [-0.3, -0.25) is 19.9 Å². The van der Waals surface area contributed by atoms with E-state index in [1.54, 1.807) is 48.7 Å². The first-order valence-corrected chi connectivity index (χ1v) is 11.5. The molecule has 10 heteroatoms. The van der Waals surface area contributed by atoms with Crippen LogP contribution in [0, 0.1) is 5.41 Å². The molecule has 5 N–H and O–H groups in total. The molecule has 1 amide bonds. The number of benzene rings is 2. The molecule has 0 aliphatic rings. The summed E-state index contributed by atoms with van der Waals surface area (Å²) in [7, 11) is 0. The van der Waals surface area contributed by atoms with Crippen LogP contribution in [0.15, 0.2) is 66.9 Å².